The van der Waals surface area contributed by atoms with Crippen molar-refractivity contribution >= 4 is 17.2 Å². The number of fused-ring (bicyclic) bond motifs is 1. The van der Waals surface area contributed by atoms with Crippen LogP contribution in [0.15, 0.2) is 6.07 Å². The van der Waals surface area contributed by atoms with Crippen LogP contribution in [0.5, 0.6) is 0 Å². The van der Waals surface area contributed by atoms with Crippen LogP contribution in [0.3, 0.4) is 0 Å². The molecule has 0 aromatic carbocycles. The Kier molecular flexibility index (Phi) is 1.51. The molecule has 0 aliphatic heterocycles. The van der Waals surface area contributed by atoms with Gasteiger partial charge in [0.25, 0.3) is 0 Å². The van der Waals surface area contributed by atoms with Gasteiger partial charge in [0.15, 0.2) is 16.6 Å². The van der Waals surface area contributed by atoms with Crippen molar-refractivity contribution in [2.45, 2.75) is 13.8 Å². The Hall–Kier alpha value is -1.16. The minimum absolute atomic E-state index is 0.491. The molecule has 12 heavy (non-hydrogen) atoms. The molecule has 0 bridgehead atoms. The van der Waals surface area contributed by atoms with Crippen molar-refractivity contribution in [1.82, 2.24) is 19.8 Å². The Balaban J connectivity index is 2.87. The molecule has 2 aromatic rings. The second-order valence-electron chi connectivity index (χ2n) is 2.64. The molecule has 0 N–H and O–H groups in total. The number of aryl methyl sites for hydroxylation is 2. The van der Waals surface area contributed by atoms with E-state index < -0.39 is 0 Å². The molecule has 0 fully saturated rings. The molecule has 62 valence electrons. The highest BCUT2D eigenvalue weighted by Gasteiger charge is 2.04. The summed E-state index contributed by atoms with van der Waals surface area (Å²) in [5, 5.41) is 12.4. The first-order valence-corrected chi connectivity index (χ1v) is 3.91. The van der Waals surface area contributed by atoms with Crippen molar-refractivity contribution in [3.05, 3.63) is 22.6 Å². The fourth-order valence-corrected chi connectivity index (χ4v) is 1.14. The van der Waals surface area contributed by atoms with E-state index in [1.54, 1.807) is 4.52 Å². The molecular formula is C7H7ClN4. The fourth-order valence-electron chi connectivity index (χ4n) is 1.01. The molecule has 0 aliphatic rings. The van der Waals surface area contributed by atoms with Gasteiger partial charge in [-0.3, -0.25) is 0 Å². The monoisotopic (exact) mass is 182 g/mol. The van der Waals surface area contributed by atoms with Gasteiger partial charge in [0.05, 0.1) is 0 Å². The summed E-state index contributed by atoms with van der Waals surface area (Å²) < 4.78 is 1.62. The summed E-state index contributed by atoms with van der Waals surface area (Å²) in [6.07, 6.45) is 0. The predicted molar refractivity (Wildman–Crippen MR) is 45.3 cm³/mol. The van der Waals surface area contributed by atoms with Crippen LogP contribution in [0, 0.1) is 13.8 Å². The molecule has 0 spiro atoms. The van der Waals surface area contributed by atoms with Crippen LogP contribution in [-0.2, 0) is 0 Å². The van der Waals surface area contributed by atoms with E-state index in [2.05, 4.69) is 15.3 Å². The molecule has 0 unspecified atom stereocenters. The topological polar surface area (TPSA) is 43.1 Å². The summed E-state index contributed by atoms with van der Waals surface area (Å²) in [5.41, 5.74) is 1.64. The van der Waals surface area contributed by atoms with E-state index in [1.165, 1.54) is 0 Å². The van der Waals surface area contributed by atoms with Gasteiger partial charge in [0, 0.05) is 0 Å². The quantitative estimate of drug-likeness (QED) is 0.619. The smallest absolute Gasteiger partial charge is 0.178 e. The van der Waals surface area contributed by atoms with Crippen LogP contribution in [0.2, 0.25) is 5.15 Å². The SMILES string of the molecule is Cc1cc2nnc(C)n2nc1Cl. The van der Waals surface area contributed by atoms with E-state index >= 15 is 0 Å². The summed E-state index contributed by atoms with van der Waals surface area (Å²) in [4.78, 5) is 0. The number of hydrogen-bond acceptors (Lipinski definition) is 3. The minimum atomic E-state index is 0.491. The Morgan fingerprint density at radius 2 is 2.08 bits per heavy atom. The molecule has 5 heteroatoms. The van der Waals surface area contributed by atoms with Crippen molar-refractivity contribution in [2.75, 3.05) is 0 Å². The lowest BCUT2D eigenvalue weighted by Crippen LogP contribution is -1.95. The second kappa shape index (κ2) is 2.42. The average Bonchev–Trinajstić information content (AvgIpc) is 2.35. The first-order chi connectivity index (χ1) is 5.68. The molecule has 2 rings (SSSR count). The standard InChI is InChI=1S/C7H7ClN4/c1-4-3-6-10-9-5(2)12(6)11-7(4)8/h3H,1-2H3. The highest BCUT2D eigenvalue weighted by molar-refractivity contribution is 6.30. The second-order valence-corrected chi connectivity index (χ2v) is 2.99. The zero-order valence-electron chi connectivity index (χ0n) is 6.74. The van der Waals surface area contributed by atoms with E-state index in [0.717, 1.165) is 17.0 Å². The minimum Gasteiger partial charge on any atom is -0.196 e. The lowest BCUT2D eigenvalue weighted by atomic mass is 10.3. The van der Waals surface area contributed by atoms with Crippen molar-refractivity contribution < 1.29 is 0 Å². The van der Waals surface area contributed by atoms with Crippen LogP contribution in [0.4, 0.5) is 0 Å². The Labute approximate surface area is 74.2 Å². The van der Waals surface area contributed by atoms with Gasteiger partial charge < -0.3 is 0 Å². The number of halogens is 1. The number of rotatable bonds is 0. The van der Waals surface area contributed by atoms with Crippen molar-refractivity contribution in [2.24, 2.45) is 0 Å². The molecule has 2 heterocycles. The van der Waals surface area contributed by atoms with Gasteiger partial charge in [-0.15, -0.1) is 10.2 Å². The molecule has 0 saturated carbocycles. The maximum Gasteiger partial charge on any atom is 0.178 e. The molecule has 2 aromatic heterocycles. The van der Waals surface area contributed by atoms with Crippen molar-refractivity contribution in [3.63, 3.8) is 0 Å². The first-order valence-electron chi connectivity index (χ1n) is 3.53. The first kappa shape index (κ1) is 7.49. The number of nitrogens with zero attached hydrogens (tertiary/aromatic N) is 4. The van der Waals surface area contributed by atoms with Gasteiger partial charge in [-0.1, -0.05) is 11.6 Å². The molecular weight excluding hydrogens is 176 g/mol. The molecule has 0 atom stereocenters. The summed E-state index contributed by atoms with van der Waals surface area (Å²) in [6, 6.07) is 1.86. The number of hydrogen-bond donors (Lipinski definition) is 0. The fraction of sp³-hybridized carbons (Fsp3) is 0.286. The van der Waals surface area contributed by atoms with Crippen molar-refractivity contribution in [3.8, 4) is 0 Å². The number of aromatic nitrogens is 4. The van der Waals surface area contributed by atoms with Crippen LogP contribution >= 0.6 is 11.6 Å². The molecule has 0 amide bonds. The largest absolute Gasteiger partial charge is 0.196 e. The summed E-state index contributed by atoms with van der Waals surface area (Å²) in [6.45, 7) is 3.72. The normalized spacial score (nSPS) is 10.9. The van der Waals surface area contributed by atoms with Gasteiger partial charge >= 0.3 is 0 Å². The molecule has 0 radical (unpaired) electrons. The van der Waals surface area contributed by atoms with Crippen LogP contribution in [0.25, 0.3) is 5.65 Å². The average molecular weight is 183 g/mol. The van der Waals surface area contributed by atoms with E-state index in [0.29, 0.717) is 5.15 Å². The molecule has 0 aliphatic carbocycles. The van der Waals surface area contributed by atoms with Gasteiger partial charge in [-0.05, 0) is 25.5 Å². The van der Waals surface area contributed by atoms with Gasteiger partial charge in [0.1, 0.15) is 0 Å². The van der Waals surface area contributed by atoms with E-state index in [4.69, 9.17) is 11.6 Å². The zero-order chi connectivity index (χ0) is 8.72. The summed E-state index contributed by atoms with van der Waals surface area (Å²) in [7, 11) is 0. The Morgan fingerprint density at radius 3 is 2.83 bits per heavy atom. The van der Waals surface area contributed by atoms with Gasteiger partial charge in [-0.25, -0.2) is 0 Å². The van der Waals surface area contributed by atoms with E-state index in [9.17, 15) is 0 Å². The highest BCUT2D eigenvalue weighted by atomic mass is 35.5. The van der Waals surface area contributed by atoms with Crippen LogP contribution in [0.1, 0.15) is 11.4 Å². The Bertz CT molecular complexity index is 434. The Morgan fingerprint density at radius 1 is 1.33 bits per heavy atom. The predicted octanol–water partition coefficient (Wildman–Crippen LogP) is 1.39. The third-order valence-electron chi connectivity index (χ3n) is 1.68. The van der Waals surface area contributed by atoms with E-state index in [-0.39, 0.29) is 0 Å². The lowest BCUT2D eigenvalue weighted by Gasteiger charge is -1.97. The lowest BCUT2D eigenvalue weighted by molar-refractivity contribution is 0.870. The molecule has 4 nitrogen and oxygen atoms in total. The molecule has 0 saturated heterocycles. The third-order valence-corrected chi connectivity index (χ3v) is 2.05. The van der Waals surface area contributed by atoms with E-state index in [1.807, 2.05) is 19.9 Å². The van der Waals surface area contributed by atoms with Crippen LogP contribution < -0.4 is 0 Å². The highest BCUT2D eigenvalue weighted by Crippen LogP contribution is 2.12. The van der Waals surface area contributed by atoms with Gasteiger partial charge in [0.2, 0.25) is 0 Å². The summed E-state index contributed by atoms with van der Waals surface area (Å²) >= 11 is 5.83. The summed E-state index contributed by atoms with van der Waals surface area (Å²) in [5.74, 6) is 0.743. The zero-order valence-corrected chi connectivity index (χ0v) is 7.50. The maximum atomic E-state index is 5.83. The third kappa shape index (κ3) is 0.956. The van der Waals surface area contributed by atoms with Crippen molar-refractivity contribution in [1.29, 1.82) is 0 Å². The van der Waals surface area contributed by atoms with Gasteiger partial charge in [-0.2, -0.15) is 9.61 Å². The maximum absolute atomic E-state index is 5.83. The van der Waals surface area contributed by atoms with Crippen LogP contribution in [-0.4, -0.2) is 19.8 Å².